The lowest BCUT2D eigenvalue weighted by Gasteiger charge is -2.10. The number of carbonyl (C=O) groups excluding carboxylic acids is 1. The minimum Gasteiger partial charge on any atom is -0.388 e. The number of amides is 1. The lowest BCUT2D eigenvalue weighted by Crippen LogP contribution is -2.15. The van der Waals surface area contributed by atoms with Crippen LogP contribution in [0, 0.1) is 0 Å². The van der Waals surface area contributed by atoms with Gasteiger partial charge in [-0.3, -0.25) is 4.79 Å². The Labute approximate surface area is 116 Å². The number of thiazole rings is 1. The molecule has 1 heterocycles. The zero-order chi connectivity index (χ0) is 13.7. The van der Waals surface area contributed by atoms with Crippen LogP contribution in [0.15, 0.2) is 35.8 Å². The van der Waals surface area contributed by atoms with E-state index in [4.69, 9.17) is 0 Å². The molecule has 2 rings (SSSR count). The topological polar surface area (TPSA) is 62.2 Å². The van der Waals surface area contributed by atoms with Gasteiger partial charge in [0.25, 0.3) is 0 Å². The van der Waals surface area contributed by atoms with Crippen LogP contribution < -0.4 is 5.32 Å². The minimum atomic E-state index is -0.779. The van der Waals surface area contributed by atoms with Crippen molar-refractivity contribution in [3.05, 3.63) is 47.1 Å². The van der Waals surface area contributed by atoms with Crippen molar-refractivity contribution in [2.24, 2.45) is 0 Å². The van der Waals surface area contributed by atoms with Crippen LogP contribution in [-0.4, -0.2) is 16.0 Å². The normalized spacial score (nSPS) is 12.1. The van der Waals surface area contributed by atoms with Gasteiger partial charge in [0, 0.05) is 0 Å². The molecule has 0 saturated heterocycles. The molecular formula is C14H16N2O2S. The van der Waals surface area contributed by atoms with Crippen molar-refractivity contribution in [3.63, 3.8) is 0 Å². The molecule has 0 spiro atoms. The van der Waals surface area contributed by atoms with Crippen molar-refractivity contribution in [2.45, 2.75) is 25.9 Å². The first-order chi connectivity index (χ1) is 9.20. The number of hydrogen-bond donors (Lipinski definition) is 2. The van der Waals surface area contributed by atoms with Gasteiger partial charge in [-0.25, -0.2) is 4.98 Å². The highest BCUT2D eigenvalue weighted by Gasteiger charge is 2.14. The highest BCUT2D eigenvalue weighted by molar-refractivity contribution is 7.14. The predicted molar refractivity (Wildman–Crippen MR) is 76.1 cm³/mol. The molecule has 1 unspecified atom stereocenters. The third-order valence-corrected chi connectivity index (χ3v) is 3.58. The molecule has 0 aliphatic carbocycles. The molecule has 1 aromatic carbocycles. The van der Waals surface area contributed by atoms with E-state index in [9.17, 15) is 9.90 Å². The number of aryl methyl sites for hydroxylation is 1. The number of anilines is 1. The monoisotopic (exact) mass is 276 g/mol. The van der Waals surface area contributed by atoms with Crippen LogP contribution in [0.2, 0.25) is 0 Å². The molecule has 2 N–H and O–H groups in total. The van der Waals surface area contributed by atoms with E-state index in [0.717, 1.165) is 22.7 Å². The van der Waals surface area contributed by atoms with E-state index in [-0.39, 0.29) is 12.3 Å². The number of carbonyl (C=O) groups is 1. The minimum absolute atomic E-state index is 0.0467. The van der Waals surface area contributed by atoms with Gasteiger partial charge in [0.2, 0.25) is 5.91 Å². The van der Waals surface area contributed by atoms with Gasteiger partial charge in [-0.1, -0.05) is 37.3 Å². The van der Waals surface area contributed by atoms with Gasteiger partial charge < -0.3 is 10.4 Å². The summed E-state index contributed by atoms with van der Waals surface area (Å²) < 4.78 is 0. The van der Waals surface area contributed by atoms with Crippen molar-refractivity contribution < 1.29 is 9.90 Å². The molecule has 1 aromatic heterocycles. The van der Waals surface area contributed by atoms with Crippen molar-refractivity contribution in [2.75, 3.05) is 5.32 Å². The average molecular weight is 276 g/mol. The molecule has 1 atom stereocenters. The Morgan fingerprint density at radius 2 is 2.16 bits per heavy atom. The number of nitrogens with zero attached hydrogens (tertiary/aromatic N) is 1. The maximum Gasteiger partial charge on any atom is 0.227 e. The Kier molecular flexibility index (Phi) is 4.65. The van der Waals surface area contributed by atoms with E-state index in [1.807, 2.05) is 37.3 Å². The fourth-order valence-electron chi connectivity index (χ4n) is 1.77. The summed E-state index contributed by atoms with van der Waals surface area (Å²) in [4.78, 5) is 16.0. The Balaban J connectivity index is 1.95. The molecule has 19 heavy (non-hydrogen) atoms. The van der Waals surface area contributed by atoms with Crippen molar-refractivity contribution in [1.82, 2.24) is 4.98 Å². The number of aliphatic hydroxyl groups is 1. The summed E-state index contributed by atoms with van der Waals surface area (Å²) in [6.45, 7) is 1.99. The second-order valence-corrected chi connectivity index (χ2v) is 5.02. The van der Waals surface area contributed by atoms with Gasteiger partial charge in [-0.05, 0) is 12.0 Å². The summed E-state index contributed by atoms with van der Waals surface area (Å²) in [6.07, 6.45) is 0.0463. The Hall–Kier alpha value is -1.72. The third-order valence-electron chi connectivity index (χ3n) is 2.79. The van der Waals surface area contributed by atoms with E-state index in [0.29, 0.717) is 0 Å². The summed E-state index contributed by atoms with van der Waals surface area (Å²) in [7, 11) is 0. The standard InChI is InChI=1S/C14H16N2O2S/c1-2-11-14(19-9-15-11)16-13(18)8-12(17)10-6-4-3-5-7-10/h3-7,9,12,17H,2,8H2,1H3,(H,16,18). The van der Waals surface area contributed by atoms with Gasteiger partial charge in [0.15, 0.2) is 0 Å². The first-order valence-corrected chi connectivity index (χ1v) is 7.04. The molecule has 2 aromatic rings. The summed E-state index contributed by atoms with van der Waals surface area (Å²) >= 11 is 1.40. The van der Waals surface area contributed by atoms with E-state index < -0.39 is 6.10 Å². The Morgan fingerprint density at radius 1 is 1.42 bits per heavy atom. The quantitative estimate of drug-likeness (QED) is 0.882. The predicted octanol–water partition coefficient (Wildman–Crippen LogP) is 2.77. The lowest BCUT2D eigenvalue weighted by atomic mass is 10.1. The fraction of sp³-hybridized carbons (Fsp3) is 0.286. The Morgan fingerprint density at radius 3 is 2.84 bits per heavy atom. The van der Waals surface area contributed by atoms with Crippen LogP contribution in [-0.2, 0) is 11.2 Å². The zero-order valence-electron chi connectivity index (χ0n) is 10.7. The van der Waals surface area contributed by atoms with Gasteiger partial charge in [0.05, 0.1) is 23.7 Å². The van der Waals surface area contributed by atoms with Gasteiger partial charge >= 0.3 is 0 Å². The molecule has 0 radical (unpaired) electrons. The summed E-state index contributed by atoms with van der Waals surface area (Å²) in [5.41, 5.74) is 3.34. The zero-order valence-corrected chi connectivity index (χ0v) is 11.5. The Bertz CT molecular complexity index is 539. The first-order valence-electron chi connectivity index (χ1n) is 6.16. The lowest BCUT2D eigenvalue weighted by molar-refractivity contribution is -0.118. The van der Waals surface area contributed by atoms with E-state index in [2.05, 4.69) is 10.3 Å². The average Bonchev–Trinajstić information content (AvgIpc) is 2.86. The van der Waals surface area contributed by atoms with Crippen LogP contribution in [0.5, 0.6) is 0 Å². The second-order valence-electron chi connectivity index (χ2n) is 4.16. The largest absolute Gasteiger partial charge is 0.388 e. The number of benzene rings is 1. The molecule has 100 valence electrons. The molecule has 0 aliphatic rings. The van der Waals surface area contributed by atoms with Crippen LogP contribution in [0.3, 0.4) is 0 Å². The van der Waals surface area contributed by atoms with Gasteiger partial charge in [-0.2, -0.15) is 0 Å². The molecule has 5 heteroatoms. The van der Waals surface area contributed by atoms with Crippen LogP contribution in [0.25, 0.3) is 0 Å². The van der Waals surface area contributed by atoms with Crippen molar-refractivity contribution in [1.29, 1.82) is 0 Å². The van der Waals surface area contributed by atoms with Gasteiger partial charge in [-0.15, -0.1) is 11.3 Å². The first kappa shape index (κ1) is 13.7. The van der Waals surface area contributed by atoms with E-state index in [1.54, 1.807) is 5.51 Å². The summed E-state index contributed by atoms with van der Waals surface area (Å²) in [6, 6.07) is 9.18. The number of aromatic nitrogens is 1. The van der Waals surface area contributed by atoms with Crippen LogP contribution in [0.1, 0.15) is 30.7 Å². The van der Waals surface area contributed by atoms with Gasteiger partial charge in [0.1, 0.15) is 5.00 Å². The number of hydrogen-bond acceptors (Lipinski definition) is 4. The smallest absolute Gasteiger partial charge is 0.227 e. The molecule has 0 bridgehead atoms. The second kappa shape index (κ2) is 6.45. The summed E-state index contributed by atoms with van der Waals surface area (Å²) in [5.74, 6) is -0.199. The van der Waals surface area contributed by atoms with E-state index in [1.165, 1.54) is 11.3 Å². The number of aliphatic hydroxyl groups excluding tert-OH is 1. The van der Waals surface area contributed by atoms with E-state index >= 15 is 0 Å². The highest BCUT2D eigenvalue weighted by atomic mass is 32.1. The molecule has 0 fully saturated rings. The SMILES string of the molecule is CCc1ncsc1NC(=O)CC(O)c1ccccc1. The molecule has 0 saturated carbocycles. The highest BCUT2D eigenvalue weighted by Crippen LogP contribution is 2.22. The molecule has 0 aliphatic heterocycles. The van der Waals surface area contributed by atoms with Crippen molar-refractivity contribution in [3.8, 4) is 0 Å². The number of rotatable bonds is 5. The fourth-order valence-corrected chi connectivity index (χ4v) is 2.56. The van der Waals surface area contributed by atoms with Crippen molar-refractivity contribution >= 4 is 22.2 Å². The van der Waals surface area contributed by atoms with Crippen LogP contribution >= 0.6 is 11.3 Å². The third kappa shape index (κ3) is 3.62. The molecular weight excluding hydrogens is 260 g/mol. The number of nitrogens with one attached hydrogen (secondary N) is 1. The molecule has 4 nitrogen and oxygen atoms in total. The maximum absolute atomic E-state index is 11.9. The maximum atomic E-state index is 11.9. The van der Waals surface area contributed by atoms with Crippen LogP contribution in [0.4, 0.5) is 5.00 Å². The molecule has 1 amide bonds. The summed E-state index contributed by atoms with van der Waals surface area (Å²) in [5, 5.41) is 13.5.